The lowest BCUT2D eigenvalue weighted by atomic mass is 9.97. The molecule has 33 heavy (non-hydrogen) atoms. The van der Waals surface area contributed by atoms with Gasteiger partial charge >= 0.3 is 0 Å². The van der Waals surface area contributed by atoms with Crippen LogP contribution in [0.1, 0.15) is 12.0 Å². The summed E-state index contributed by atoms with van der Waals surface area (Å²) in [5.74, 6) is -3.12. The summed E-state index contributed by atoms with van der Waals surface area (Å²) in [6.45, 7) is 2.37. The number of rotatable bonds is 9. The number of nitrogens with zero attached hydrogens (tertiary/aromatic N) is 2. The van der Waals surface area contributed by atoms with Crippen molar-refractivity contribution < 1.29 is 27.9 Å². The molecule has 0 spiro atoms. The lowest BCUT2D eigenvalue weighted by molar-refractivity contribution is -0.127. The number of hydrogen-bond acceptors (Lipinski definition) is 8. The van der Waals surface area contributed by atoms with Gasteiger partial charge in [0.25, 0.3) is 0 Å². The van der Waals surface area contributed by atoms with Crippen LogP contribution in [0.3, 0.4) is 0 Å². The fraction of sp³-hybridized carbons (Fsp3) is 0.500. The predicted molar refractivity (Wildman–Crippen MR) is 122 cm³/mol. The molecule has 0 saturated carbocycles. The van der Waals surface area contributed by atoms with Crippen LogP contribution in [0.4, 0.5) is 8.78 Å². The van der Waals surface area contributed by atoms with E-state index in [2.05, 4.69) is 10.3 Å². The van der Waals surface area contributed by atoms with Crippen molar-refractivity contribution in [2.45, 2.75) is 24.6 Å². The van der Waals surface area contributed by atoms with Crippen molar-refractivity contribution in [3.63, 3.8) is 0 Å². The molecule has 0 radical (unpaired) electrons. The van der Waals surface area contributed by atoms with Crippen LogP contribution in [0.2, 0.25) is 0 Å². The Bertz CT molecular complexity index is 951. The molecular formula is C20H25F2N5O4S2. The predicted octanol–water partition coefficient (Wildman–Crippen LogP) is 0.217. The molecule has 2 aliphatic heterocycles. The van der Waals surface area contributed by atoms with E-state index in [1.54, 1.807) is 6.07 Å². The highest BCUT2D eigenvalue weighted by molar-refractivity contribution is 8.39. The second kappa shape index (κ2) is 11.3. The molecule has 0 aromatic heterocycles. The minimum atomic E-state index is -1.36. The Labute approximate surface area is 198 Å². The minimum Gasteiger partial charge on any atom is -0.374 e. The maximum absolute atomic E-state index is 13.4. The summed E-state index contributed by atoms with van der Waals surface area (Å²) < 4.78 is 32.7. The molecule has 1 aromatic carbocycles. The number of primary amides is 2. The second-order valence-electron chi connectivity index (χ2n) is 7.77. The Morgan fingerprint density at radius 3 is 2.79 bits per heavy atom. The van der Waals surface area contributed by atoms with E-state index in [1.807, 2.05) is 4.90 Å². The van der Waals surface area contributed by atoms with Gasteiger partial charge in [-0.2, -0.15) is 0 Å². The Hall–Kier alpha value is -2.22. The van der Waals surface area contributed by atoms with E-state index < -0.39 is 29.0 Å². The molecule has 1 saturated heterocycles. The highest BCUT2D eigenvalue weighted by Crippen LogP contribution is 2.35. The molecule has 2 heterocycles. The quantitative estimate of drug-likeness (QED) is 0.440. The second-order valence-corrected chi connectivity index (χ2v) is 9.96. The van der Waals surface area contributed by atoms with Gasteiger partial charge in [-0.15, -0.1) is 0 Å². The molecule has 0 aliphatic carbocycles. The molecular weight excluding hydrogens is 476 g/mol. The van der Waals surface area contributed by atoms with Crippen LogP contribution >= 0.6 is 23.5 Å². The number of carbonyl (C=O) groups excluding carboxylic acids is 3. The summed E-state index contributed by atoms with van der Waals surface area (Å²) in [6.07, 6.45) is -0.514. The van der Waals surface area contributed by atoms with E-state index in [4.69, 9.17) is 16.2 Å². The SMILES string of the molecule is NC(=O)CC1(C(N)=O)CSC(SCC(=O)NCC2CN(Cc3ccc(F)c(F)c3)CCO2)=N1. The largest absolute Gasteiger partial charge is 0.374 e. The zero-order valence-electron chi connectivity index (χ0n) is 17.7. The van der Waals surface area contributed by atoms with Crippen LogP contribution in [0.15, 0.2) is 23.2 Å². The van der Waals surface area contributed by atoms with Gasteiger partial charge in [0.2, 0.25) is 17.7 Å². The molecule has 1 fully saturated rings. The van der Waals surface area contributed by atoms with Gasteiger partial charge in [0, 0.05) is 31.9 Å². The highest BCUT2D eigenvalue weighted by atomic mass is 32.2. The normalized spacial score (nSPS) is 23.2. The Morgan fingerprint density at radius 1 is 1.30 bits per heavy atom. The van der Waals surface area contributed by atoms with E-state index in [0.29, 0.717) is 42.7 Å². The van der Waals surface area contributed by atoms with Gasteiger partial charge in [-0.1, -0.05) is 29.6 Å². The van der Waals surface area contributed by atoms with Gasteiger partial charge in [0.05, 0.1) is 24.9 Å². The standard InChI is InChI=1S/C20H25F2N5O4S2/c21-14-2-1-12(5-15(14)22)8-27-3-4-31-13(9-27)7-25-17(29)10-32-19-26-20(11-33-19,18(24)30)6-16(23)28/h1-2,5,13H,3-4,6-11H2,(H2,23,28)(H2,24,30)(H,25,29). The number of morpholine rings is 1. The van der Waals surface area contributed by atoms with Crippen LogP contribution in [-0.4, -0.2) is 76.4 Å². The molecule has 2 atom stereocenters. The molecule has 9 nitrogen and oxygen atoms in total. The number of amides is 3. The number of nitrogens with one attached hydrogen (secondary N) is 1. The van der Waals surface area contributed by atoms with E-state index >= 15 is 0 Å². The summed E-state index contributed by atoms with van der Waals surface area (Å²) in [4.78, 5) is 41.5. The molecule has 5 N–H and O–H groups in total. The van der Waals surface area contributed by atoms with Crippen LogP contribution in [0.5, 0.6) is 0 Å². The first-order valence-electron chi connectivity index (χ1n) is 10.1. The number of hydrogen-bond donors (Lipinski definition) is 3. The monoisotopic (exact) mass is 501 g/mol. The summed E-state index contributed by atoms with van der Waals surface area (Å²) in [5, 5.41) is 2.80. The van der Waals surface area contributed by atoms with Crippen LogP contribution in [0.25, 0.3) is 0 Å². The number of halogens is 2. The molecule has 2 unspecified atom stereocenters. The van der Waals surface area contributed by atoms with Gasteiger partial charge in [-0.05, 0) is 17.7 Å². The lowest BCUT2D eigenvalue weighted by Crippen LogP contribution is -2.47. The van der Waals surface area contributed by atoms with E-state index in [1.165, 1.54) is 17.8 Å². The third-order valence-corrected chi connectivity index (χ3v) is 7.54. The van der Waals surface area contributed by atoms with Crippen LogP contribution < -0.4 is 16.8 Å². The van der Waals surface area contributed by atoms with Crippen LogP contribution in [0, 0.1) is 11.6 Å². The smallest absolute Gasteiger partial charge is 0.246 e. The molecule has 180 valence electrons. The van der Waals surface area contributed by atoms with Crippen molar-refractivity contribution in [2.24, 2.45) is 16.5 Å². The van der Waals surface area contributed by atoms with E-state index in [0.717, 1.165) is 17.8 Å². The molecule has 3 rings (SSSR count). The highest BCUT2D eigenvalue weighted by Gasteiger charge is 2.43. The first kappa shape index (κ1) is 25.4. The maximum atomic E-state index is 13.4. The fourth-order valence-electron chi connectivity index (χ4n) is 3.44. The van der Waals surface area contributed by atoms with Gasteiger partial charge in [0.1, 0.15) is 4.38 Å². The zero-order valence-corrected chi connectivity index (χ0v) is 19.4. The number of carbonyl (C=O) groups is 3. The van der Waals surface area contributed by atoms with Gasteiger partial charge in [-0.25, -0.2) is 8.78 Å². The molecule has 1 aromatic rings. The van der Waals surface area contributed by atoms with Crippen molar-refractivity contribution >= 4 is 45.6 Å². The number of ether oxygens (including phenoxy) is 1. The Morgan fingerprint density at radius 2 is 2.09 bits per heavy atom. The topological polar surface area (TPSA) is 140 Å². The third-order valence-electron chi connectivity index (χ3n) is 5.13. The number of nitrogens with two attached hydrogens (primary N) is 2. The molecule has 0 bridgehead atoms. The average molecular weight is 502 g/mol. The lowest BCUT2D eigenvalue weighted by Gasteiger charge is -2.33. The summed E-state index contributed by atoms with van der Waals surface area (Å²) >= 11 is 2.41. The number of benzene rings is 1. The summed E-state index contributed by atoms with van der Waals surface area (Å²) in [6, 6.07) is 3.83. The average Bonchev–Trinajstić information content (AvgIpc) is 3.17. The Kier molecular flexibility index (Phi) is 8.68. The Balaban J connectivity index is 1.43. The maximum Gasteiger partial charge on any atom is 0.246 e. The number of thioether (sulfide) groups is 2. The first-order valence-corrected chi connectivity index (χ1v) is 12.1. The number of aliphatic imine (C=N–C) groups is 1. The summed E-state index contributed by atoms with van der Waals surface area (Å²) in [5.41, 5.74) is 9.89. The molecule has 13 heteroatoms. The van der Waals surface area contributed by atoms with E-state index in [9.17, 15) is 23.2 Å². The van der Waals surface area contributed by atoms with Crippen LogP contribution in [-0.2, 0) is 25.7 Å². The van der Waals surface area contributed by atoms with Gasteiger partial charge < -0.3 is 21.5 Å². The minimum absolute atomic E-state index is 0.0720. The van der Waals surface area contributed by atoms with Crippen molar-refractivity contribution in [1.29, 1.82) is 0 Å². The van der Waals surface area contributed by atoms with Crippen molar-refractivity contribution in [2.75, 3.05) is 37.7 Å². The third kappa shape index (κ3) is 7.13. The van der Waals surface area contributed by atoms with Gasteiger partial charge in [-0.3, -0.25) is 24.3 Å². The van der Waals surface area contributed by atoms with Crippen molar-refractivity contribution in [1.82, 2.24) is 10.2 Å². The van der Waals surface area contributed by atoms with Crippen molar-refractivity contribution in [3.8, 4) is 0 Å². The molecule has 2 aliphatic rings. The zero-order chi connectivity index (χ0) is 24.0. The first-order chi connectivity index (χ1) is 15.7. The van der Waals surface area contributed by atoms with E-state index in [-0.39, 0.29) is 29.9 Å². The summed E-state index contributed by atoms with van der Waals surface area (Å²) in [7, 11) is 0. The molecule has 3 amide bonds. The van der Waals surface area contributed by atoms with Crippen molar-refractivity contribution in [3.05, 3.63) is 35.4 Å². The van der Waals surface area contributed by atoms with Gasteiger partial charge in [0.15, 0.2) is 17.2 Å². The fourth-order valence-corrected chi connectivity index (χ4v) is 5.63.